The van der Waals surface area contributed by atoms with Gasteiger partial charge in [0.2, 0.25) is 5.91 Å². The number of carbonyl (C=O) groups excluding carboxylic acids is 2. The molecule has 3 amide bonds. The van der Waals surface area contributed by atoms with Crippen LogP contribution in [0.15, 0.2) is 0 Å². The Bertz CT molecular complexity index is 318. The molecule has 1 fully saturated rings. The van der Waals surface area contributed by atoms with Crippen LogP contribution in [0.4, 0.5) is 4.79 Å². The number of nitrogens with one attached hydrogen (secondary N) is 1. The number of rotatable bonds is 3. The van der Waals surface area contributed by atoms with E-state index < -0.39 is 24.0 Å². The molecular formula is C9H15N3O4. The van der Waals surface area contributed by atoms with E-state index in [4.69, 9.17) is 10.8 Å². The van der Waals surface area contributed by atoms with Gasteiger partial charge < -0.3 is 21.1 Å². The van der Waals surface area contributed by atoms with Crippen LogP contribution in [0.5, 0.6) is 0 Å². The predicted molar refractivity (Wildman–Crippen MR) is 54.5 cm³/mol. The highest BCUT2D eigenvalue weighted by Crippen LogP contribution is 2.16. The van der Waals surface area contributed by atoms with Crippen LogP contribution in [0.1, 0.15) is 13.3 Å². The summed E-state index contributed by atoms with van der Waals surface area (Å²) in [5.41, 5.74) is 4.89. The van der Waals surface area contributed by atoms with Crippen molar-refractivity contribution in [3.8, 4) is 0 Å². The van der Waals surface area contributed by atoms with Crippen molar-refractivity contribution < 1.29 is 19.5 Å². The van der Waals surface area contributed by atoms with E-state index in [0.717, 1.165) is 0 Å². The number of hydrogen-bond donors (Lipinski definition) is 3. The van der Waals surface area contributed by atoms with Gasteiger partial charge in [-0.1, -0.05) is 0 Å². The number of aliphatic carboxylic acids is 1. The van der Waals surface area contributed by atoms with Crippen molar-refractivity contribution >= 4 is 17.9 Å². The van der Waals surface area contributed by atoms with Crippen molar-refractivity contribution in [1.29, 1.82) is 0 Å². The van der Waals surface area contributed by atoms with E-state index in [1.54, 1.807) is 0 Å². The summed E-state index contributed by atoms with van der Waals surface area (Å²) < 4.78 is 0. The van der Waals surface area contributed by atoms with Crippen molar-refractivity contribution in [2.45, 2.75) is 19.4 Å². The number of carboxylic acids is 1. The molecule has 2 atom stereocenters. The Labute approximate surface area is 92.6 Å². The van der Waals surface area contributed by atoms with Crippen LogP contribution in [-0.2, 0) is 9.59 Å². The van der Waals surface area contributed by atoms with Crippen LogP contribution < -0.4 is 11.1 Å². The van der Waals surface area contributed by atoms with E-state index in [9.17, 15) is 14.4 Å². The second-order valence-corrected chi connectivity index (χ2v) is 3.84. The Kier molecular flexibility index (Phi) is 3.70. The van der Waals surface area contributed by atoms with E-state index >= 15 is 0 Å². The van der Waals surface area contributed by atoms with Gasteiger partial charge in [-0.3, -0.25) is 9.59 Å². The third-order valence-corrected chi connectivity index (χ3v) is 2.58. The summed E-state index contributed by atoms with van der Waals surface area (Å²) in [5.74, 6) is -1.71. The number of nitrogens with two attached hydrogens (primary N) is 1. The lowest BCUT2D eigenvalue weighted by Gasteiger charge is -2.20. The third kappa shape index (κ3) is 2.85. The van der Waals surface area contributed by atoms with Crippen molar-refractivity contribution in [3.05, 3.63) is 0 Å². The molecule has 1 heterocycles. The molecule has 0 radical (unpaired) electrons. The average molecular weight is 229 g/mol. The second kappa shape index (κ2) is 4.82. The van der Waals surface area contributed by atoms with Crippen molar-refractivity contribution in [2.75, 3.05) is 13.1 Å². The minimum absolute atomic E-state index is 0.193. The van der Waals surface area contributed by atoms with Crippen LogP contribution in [0, 0.1) is 5.92 Å². The Balaban J connectivity index is 2.50. The van der Waals surface area contributed by atoms with Crippen LogP contribution in [-0.4, -0.2) is 47.0 Å². The largest absolute Gasteiger partial charge is 0.481 e. The van der Waals surface area contributed by atoms with Gasteiger partial charge in [0.15, 0.2) is 0 Å². The van der Waals surface area contributed by atoms with Crippen LogP contribution in [0.25, 0.3) is 0 Å². The molecule has 4 N–H and O–H groups in total. The number of nitrogens with zero attached hydrogens (tertiary/aromatic N) is 1. The third-order valence-electron chi connectivity index (χ3n) is 2.58. The van der Waals surface area contributed by atoms with Crippen LogP contribution in [0.2, 0.25) is 0 Å². The Hall–Kier alpha value is -1.79. The van der Waals surface area contributed by atoms with Crippen LogP contribution in [0.3, 0.4) is 0 Å². The second-order valence-electron chi connectivity index (χ2n) is 3.84. The van der Waals surface area contributed by atoms with E-state index in [2.05, 4.69) is 5.32 Å². The zero-order chi connectivity index (χ0) is 12.3. The first-order valence-corrected chi connectivity index (χ1v) is 4.99. The lowest BCUT2D eigenvalue weighted by molar-refractivity contribution is -0.141. The molecule has 0 bridgehead atoms. The molecule has 2 unspecified atom stereocenters. The summed E-state index contributed by atoms with van der Waals surface area (Å²) in [5, 5.41) is 11.0. The minimum Gasteiger partial charge on any atom is -0.481 e. The number of likely N-dealkylation sites (tertiary alicyclic amines) is 1. The van der Waals surface area contributed by atoms with E-state index in [0.29, 0.717) is 13.0 Å². The maximum atomic E-state index is 11.7. The molecule has 1 aliphatic rings. The Morgan fingerprint density at radius 2 is 2.12 bits per heavy atom. The quantitative estimate of drug-likeness (QED) is 0.574. The predicted octanol–water partition coefficient (Wildman–Crippen LogP) is -1.02. The van der Waals surface area contributed by atoms with Crippen molar-refractivity contribution in [2.24, 2.45) is 11.7 Å². The summed E-state index contributed by atoms with van der Waals surface area (Å²) in [4.78, 5) is 34.4. The van der Waals surface area contributed by atoms with E-state index in [-0.39, 0.29) is 12.5 Å². The molecular weight excluding hydrogens is 214 g/mol. The highest BCUT2D eigenvalue weighted by molar-refractivity contribution is 5.87. The lowest BCUT2D eigenvalue weighted by atomic mass is 10.1. The van der Waals surface area contributed by atoms with E-state index in [1.165, 1.54) is 11.8 Å². The zero-order valence-electron chi connectivity index (χ0n) is 8.97. The SMILES string of the molecule is CC(NC(N)=O)C(=O)N1CCC(C(=O)O)C1. The Morgan fingerprint density at radius 1 is 1.50 bits per heavy atom. The minimum atomic E-state index is -0.897. The van der Waals surface area contributed by atoms with Gasteiger partial charge in [-0.2, -0.15) is 0 Å². The summed E-state index contributed by atoms with van der Waals surface area (Å²) in [6.45, 7) is 2.11. The fraction of sp³-hybridized carbons (Fsp3) is 0.667. The van der Waals surface area contributed by atoms with Gasteiger partial charge in [-0.25, -0.2) is 4.79 Å². The number of hydrogen-bond acceptors (Lipinski definition) is 3. The standard InChI is InChI=1S/C9H15N3O4/c1-5(11-9(10)16)7(13)12-3-2-6(4-12)8(14)15/h5-6H,2-4H2,1H3,(H,14,15)(H3,10,11,16). The summed E-state index contributed by atoms with van der Waals surface area (Å²) in [7, 11) is 0. The van der Waals surface area contributed by atoms with Gasteiger partial charge in [0, 0.05) is 13.1 Å². The molecule has 16 heavy (non-hydrogen) atoms. The summed E-state index contributed by atoms with van der Waals surface area (Å²) >= 11 is 0. The molecule has 90 valence electrons. The molecule has 0 aromatic carbocycles. The molecule has 0 aliphatic carbocycles. The average Bonchev–Trinajstić information content (AvgIpc) is 2.64. The van der Waals surface area contributed by atoms with E-state index in [1.807, 2.05) is 0 Å². The molecule has 7 nitrogen and oxygen atoms in total. The molecule has 1 saturated heterocycles. The van der Waals surface area contributed by atoms with Crippen LogP contribution >= 0.6 is 0 Å². The lowest BCUT2D eigenvalue weighted by Crippen LogP contribution is -2.48. The van der Waals surface area contributed by atoms with Gasteiger partial charge in [-0.15, -0.1) is 0 Å². The highest BCUT2D eigenvalue weighted by Gasteiger charge is 2.32. The number of amides is 3. The summed E-state index contributed by atoms with van der Waals surface area (Å²) in [6, 6.07) is -1.49. The molecule has 1 rings (SSSR count). The fourth-order valence-electron chi connectivity index (χ4n) is 1.71. The first kappa shape index (κ1) is 12.3. The topological polar surface area (TPSA) is 113 Å². The maximum absolute atomic E-state index is 11.7. The van der Waals surface area contributed by atoms with Gasteiger partial charge in [0.05, 0.1) is 5.92 Å². The molecule has 1 aliphatic heterocycles. The van der Waals surface area contributed by atoms with Gasteiger partial charge in [0.25, 0.3) is 0 Å². The molecule has 0 spiro atoms. The molecule has 0 aromatic heterocycles. The zero-order valence-corrected chi connectivity index (χ0v) is 8.97. The first-order valence-electron chi connectivity index (χ1n) is 4.99. The fourth-order valence-corrected chi connectivity index (χ4v) is 1.71. The molecule has 7 heteroatoms. The number of carbonyl (C=O) groups is 3. The molecule has 0 saturated carbocycles. The first-order chi connectivity index (χ1) is 7.41. The molecule has 0 aromatic rings. The number of primary amides is 1. The summed E-state index contributed by atoms with van der Waals surface area (Å²) in [6.07, 6.45) is 0.449. The Morgan fingerprint density at radius 3 is 2.56 bits per heavy atom. The van der Waals surface area contributed by atoms with Crippen molar-refractivity contribution in [1.82, 2.24) is 10.2 Å². The highest BCUT2D eigenvalue weighted by atomic mass is 16.4. The van der Waals surface area contributed by atoms with Crippen molar-refractivity contribution in [3.63, 3.8) is 0 Å². The maximum Gasteiger partial charge on any atom is 0.312 e. The number of carboxylic acid groups (broad SMARTS) is 1. The monoisotopic (exact) mass is 229 g/mol. The van der Waals surface area contributed by atoms with Gasteiger partial charge in [-0.05, 0) is 13.3 Å². The van der Waals surface area contributed by atoms with Gasteiger partial charge in [0.1, 0.15) is 6.04 Å². The smallest absolute Gasteiger partial charge is 0.312 e. The van der Waals surface area contributed by atoms with Gasteiger partial charge >= 0.3 is 12.0 Å². The normalized spacial score (nSPS) is 21.6. The number of urea groups is 1.